The van der Waals surface area contributed by atoms with Gasteiger partial charge in [-0.2, -0.15) is 0 Å². The Kier molecular flexibility index (Phi) is 3.18. The molecule has 0 fully saturated rings. The summed E-state index contributed by atoms with van der Waals surface area (Å²) >= 11 is 0. The van der Waals surface area contributed by atoms with Crippen LogP contribution in [0.1, 0.15) is 13.8 Å². The standard InChI is InChI=1S/C9H11NO5S/c1-6(2)16(14,15)7-3-4-9(11)8(5-7)10(12)13/h3-6,11H,1-2H3. The molecule has 0 unspecified atom stereocenters. The highest BCUT2D eigenvalue weighted by Crippen LogP contribution is 2.29. The van der Waals surface area contributed by atoms with Crippen LogP contribution in [0.3, 0.4) is 0 Å². The van der Waals surface area contributed by atoms with E-state index >= 15 is 0 Å². The van der Waals surface area contributed by atoms with Gasteiger partial charge in [0.05, 0.1) is 15.1 Å². The summed E-state index contributed by atoms with van der Waals surface area (Å²) in [6, 6.07) is 3.02. The Hall–Kier alpha value is -1.63. The van der Waals surface area contributed by atoms with Gasteiger partial charge in [0.1, 0.15) is 0 Å². The van der Waals surface area contributed by atoms with Crippen molar-refractivity contribution in [2.45, 2.75) is 24.0 Å². The van der Waals surface area contributed by atoms with Gasteiger partial charge in [-0.25, -0.2) is 8.42 Å². The van der Waals surface area contributed by atoms with Crippen molar-refractivity contribution in [3.8, 4) is 5.75 Å². The molecule has 0 spiro atoms. The molecule has 0 bridgehead atoms. The molecule has 88 valence electrons. The summed E-state index contributed by atoms with van der Waals surface area (Å²) in [6.07, 6.45) is 0. The molecule has 0 aliphatic rings. The maximum absolute atomic E-state index is 11.7. The second-order valence-electron chi connectivity index (χ2n) is 3.50. The fourth-order valence-electron chi connectivity index (χ4n) is 1.10. The average Bonchev–Trinajstić information content (AvgIpc) is 2.17. The lowest BCUT2D eigenvalue weighted by atomic mass is 10.3. The second-order valence-corrected chi connectivity index (χ2v) is 6.01. The van der Waals surface area contributed by atoms with Crippen LogP contribution in [0.25, 0.3) is 0 Å². The highest BCUT2D eigenvalue weighted by atomic mass is 32.2. The molecule has 0 aromatic heterocycles. The van der Waals surface area contributed by atoms with E-state index in [1.807, 2.05) is 0 Å². The van der Waals surface area contributed by atoms with Crippen LogP contribution in [0.4, 0.5) is 5.69 Å². The van der Waals surface area contributed by atoms with Crippen molar-refractivity contribution in [1.82, 2.24) is 0 Å². The highest BCUT2D eigenvalue weighted by Gasteiger charge is 2.23. The summed E-state index contributed by atoms with van der Waals surface area (Å²) in [6.45, 7) is 2.96. The number of phenols is 1. The molecule has 0 radical (unpaired) electrons. The fourth-order valence-corrected chi connectivity index (χ4v) is 2.18. The van der Waals surface area contributed by atoms with Crippen LogP contribution in [-0.2, 0) is 9.84 Å². The summed E-state index contributed by atoms with van der Waals surface area (Å²) in [5.74, 6) is -0.548. The number of rotatable bonds is 3. The monoisotopic (exact) mass is 245 g/mol. The van der Waals surface area contributed by atoms with Crippen molar-refractivity contribution in [2.75, 3.05) is 0 Å². The minimum absolute atomic E-state index is 0.160. The Morgan fingerprint density at radius 1 is 1.38 bits per heavy atom. The van der Waals surface area contributed by atoms with Crippen LogP contribution in [0.5, 0.6) is 5.75 Å². The molecule has 1 rings (SSSR count). The first-order valence-electron chi connectivity index (χ1n) is 4.48. The predicted molar refractivity (Wildman–Crippen MR) is 57.1 cm³/mol. The summed E-state index contributed by atoms with van der Waals surface area (Å²) in [7, 11) is -3.57. The van der Waals surface area contributed by atoms with Crippen LogP contribution in [0.2, 0.25) is 0 Å². The number of hydrogen-bond acceptors (Lipinski definition) is 5. The lowest BCUT2D eigenvalue weighted by Crippen LogP contribution is -2.14. The Labute approximate surface area is 92.6 Å². The summed E-state index contributed by atoms with van der Waals surface area (Å²) in [5, 5.41) is 19.0. The van der Waals surface area contributed by atoms with Crippen molar-refractivity contribution in [1.29, 1.82) is 0 Å². The van der Waals surface area contributed by atoms with Gasteiger partial charge in [-0.3, -0.25) is 10.1 Å². The van der Waals surface area contributed by atoms with Crippen LogP contribution in [-0.4, -0.2) is 23.7 Å². The maximum Gasteiger partial charge on any atom is 0.311 e. The molecule has 0 atom stereocenters. The molecule has 1 N–H and O–H groups in total. The molecule has 6 nitrogen and oxygen atoms in total. The first-order chi connectivity index (χ1) is 7.26. The maximum atomic E-state index is 11.7. The zero-order chi connectivity index (χ0) is 12.5. The zero-order valence-electron chi connectivity index (χ0n) is 8.75. The van der Waals surface area contributed by atoms with E-state index in [1.54, 1.807) is 0 Å². The largest absolute Gasteiger partial charge is 0.502 e. The molecule has 0 heterocycles. The highest BCUT2D eigenvalue weighted by molar-refractivity contribution is 7.92. The van der Waals surface area contributed by atoms with Gasteiger partial charge in [-0.1, -0.05) is 0 Å². The van der Waals surface area contributed by atoms with Gasteiger partial charge in [0.2, 0.25) is 0 Å². The average molecular weight is 245 g/mol. The van der Waals surface area contributed by atoms with Crippen molar-refractivity contribution in [2.24, 2.45) is 0 Å². The number of sulfone groups is 1. The summed E-state index contributed by atoms with van der Waals surface area (Å²) in [5.41, 5.74) is -0.610. The van der Waals surface area contributed by atoms with Gasteiger partial charge in [0.25, 0.3) is 0 Å². The van der Waals surface area contributed by atoms with Gasteiger partial charge >= 0.3 is 5.69 Å². The van der Waals surface area contributed by atoms with Crippen LogP contribution >= 0.6 is 0 Å². The van der Waals surface area contributed by atoms with Crippen LogP contribution < -0.4 is 0 Å². The third-order valence-electron chi connectivity index (χ3n) is 2.09. The lowest BCUT2D eigenvalue weighted by molar-refractivity contribution is -0.386. The van der Waals surface area contributed by atoms with E-state index in [-0.39, 0.29) is 4.90 Å². The molecule has 1 aromatic rings. The van der Waals surface area contributed by atoms with E-state index in [1.165, 1.54) is 13.8 Å². The normalized spacial score (nSPS) is 11.7. The van der Waals surface area contributed by atoms with E-state index in [9.17, 15) is 23.6 Å². The van der Waals surface area contributed by atoms with Gasteiger partial charge in [-0.05, 0) is 26.0 Å². The van der Waals surface area contributed by atoms with E-state index in [0.717, 1.165) is 18.2 Å². The van der Waals surface area contributed by atoms with Gasteiger partial charge in [0.15, 0.2) is 15.6 Å². The predicted octanol–water partition coefficient (Wildman–Crippen LogP) is 1.48. The van der Waals surface area contributed by atoms with E-state index in [0.29, 0.717) is 0 Å². The van der Waals surface area contributed by atoms with E-state index in [4.69, 9.17) is 0 Å². The smallest absolute Gasteiger partial charge is 0.311 e. The molecular weight excluding hydrogens is 234 g/mol. The summed E-state index contributed by atoms with van der Waals surface area (Å²) < 4.78 is 23.4. The number of nitrogens with zero attached hydrogens (tertiary/aromatic N) is 1. The number of aromatic hydroxyl groups is 1. The van der Waals surface area contributed by atoms with Gasteiger partial charge in [0, 0.05) is 6.07 Å². The molecule has 0 aliphatic carbocycles. The number of nitro benzene ring substituents is 1. The number of nitro groups is 1. The van der Waals surface area contributed by atoms with Crippen molar-refractivity contribution in [3.63, 3.8) is 0 Å². The van der Waals surface area contributed by atoms with Crippen molar-refractivity contribution < 1.29 is 18.4 Å². The summed E-state index contributed by atoms with van der Waals surface area (Å²) in [4.78, 5) is 9.54. The molecule has 7 heteroatoms. The Morgan fingerprint density at radius 2 is 1.94 bits per heavy atom. The number of hydrogen-bond donors (Lipinski definition) is 1. The molecule has 0 amide bonds. The Bertz CT molecular complexity index is 521. The zero-order valence-corrected chi connectivity index (χ0v) is 9.56. The van der Waals surface area contributed by atoms with Gasteiger partial charge < -0.3 is 5.11 Å². The molecule has 0 saturated heterocycles. The first-order valence-corrected chi connectivity index (χ1v) is 6.02. The number of phenolic OH excluding ortho intramolecular Hbond substituents is 1. The van der Waals surface area contributed by atoms with Crippen LogP contribution in [0.15, 0.2) is 23.1 Å². The second kappa shape index (κ2) is 4.09. The topological polar surface area (TPSA) is 97.5 Å². The molecule has 1 aromatic carbocycles. The van der Waals surface area contributed by atoms with Crippen LogP contribution in [0, 0.1) is 10.1 Å². The third-order valence-corrected chi connectivity index (χ3v) is 4.24. The first kappa shape index (κ1) is 12.4. The van der Waals surface area contributed by atoms with E-state index in [2.05, 4.69) is 0 Å². The quantitative estimate of drug-likeness (QED) is 0.642. The van der Waals surface area contributed by atoms with Crippen molar-refractivity contribution in [3.05, 3.63) is 28.3 Å². The molecule has 16 heavy (non-hydrogen) atoms. The van der Waals surface area contributed by atoms with Crippen molar-refractivity contribution >= 4 is 15.5 Å². The minimum atomic E-state index is -3.57. The number of benzene rings is 1. The molecular formula is C9H11NO5S. The van der Waals surface area contributed by atoms with E-state index < -0.39 is 31.4 Å². The Balaban J connectivity index is 3.40. The van der Waals surface area contributed by atoms with Gasteiger partial charge in [-0.15, -0.1) is 0 Å². The Morgan fingerprint density at radius 3 is 2.38 bits per heavy atom. The lowest BCUT2D eigenvalue weighted by Gasteiger charge is -2.07. The minimum Gasteiger partial charge on any atom is -0.502 e. The SMILES string of the molecule is CC(C)S(=O)(=O)c1ccc(O)c([N+](=O)[O-])c1. The molecule has 0 aliphatic heterocycles. The third kappa shape index (κ3) is 2.13. The molecule has 0 saturated carbocycles. The fraction of sp³-hybridized carbons (Fsp3) is 0.333.